The fourth-order valence-corrected chi connectivity index (χ4v) is 5.00. The van der Waals surface area contributed by atoms with Gasteiger partial charge in [0.15, 0.2) is 0 Å². The fourth-order valence-electron chi connectivity index (χ4n) is 1.57. The Kier molecular flexibility index (Phi) is 4.15. The summed E-state index contributed by atoms with van der Waals surface area (Å²) in [4.78, 5) is 10.5. The number of sulfonamides is 1. The molecule has 0 aromatic rings. The van der Waals surface area contributed by atoms with Crippen molar-refractivity contribution in [2.45, 2.75) is 31.1 Å². The summed E-state index contributed by atoms with van der Waals surface area (Å²) in [7, 11) is -6.90. The molecule has 0 spiro atoms. The number of rotatable bonds is 4. The van der Waals surface area contributed by atoms with Crippen molar-refractivity contribution in [1.82, 2.24) is 4.72 Å². The van der Waals surface area contributed by atoms with Gasteiger partial charge in [0.2, 0.25) is 10.0 Å². The van der Waals surface area contributed by atoms with Crippen molar-refractivity contribution in [3.63, 3.8) is 0 Å². The molecular weight excluding hydrogens is 270 g/mol. The van der Waals surface area contributed by atoms with Crippen molar-refractivity contribution in [3.05, 3.63) is 0 Å². The topological polar surface area (TPSA) is 118 Å². The number of hydrogen-bond acceptors (Lipinski definition) is 5. The van der Waals surface area contributed by atoms with E-state index in [0.29, 0.717) is 0 Å². The normalized spacial score (nSPS) is 23.1. The third kappa shape index (κ3) is 3.93. The summed E-state index contributed by atoms with van der Waals surface area (Å²) >= 11 is 0. The lowest BCUT2D eigenvalue weighted by molar-refractivity contribution is -0.138. The molecule has 1 heterocycles. The van der Waals surface area contributed by atoms with Crippen LogP contribution in [0.5, 0.6) is 0 Å². The minimum atomic E-state index is -3.77. The Morgan fingerprint density at radius 3 is 2.24 bits per heavy atom. The Labute approximate surface area is 100 Å². The summed E-state index contributed by atoms with van der Waals surface area (Å²) in [6.07, 6.45) is 0.0357. The zero-order chi connectivity index (χ0) is 13.3. The van der Waals surface area contributed by atoms with E-state index in [0.717, 1.165) is 0 Å². The van der Waals surface area contributed by atoms with Gasteiger partial charge >= 0.3 is 5.97 Å². The van der Waals surface area contributed by atoms with Crippen molar-refractivity contribution in [1.29, 1.82) is 0 Å². The van der Waals surface area contributed by atoms with E-state index in [4.69, 9.17) is 5.11 Å². The first-order chi connectivity index (χ1) is 7.64. The Bertz CT molecular complexity index is 480. The van der Waals surface area contributed by atoms with Crippen molar-refractivity contribution < 1.29 is 26.7 Å². The SMILES string of the molecule is C[C@@H](NS(=O)(=O)C1CCS(=O)(=O)CC1)C(=O)O. The number of carboxylic acids is 1. The molecule has 100 valence electrons. The van der Waals surface area contributed by atoms with E-state index in [1.54, 1.807) is 0 Å². The molecule has 0 aliphatic carbocycles. The summed E-state index contributed by atoms with van der Waals surface area (Å²) in [5, 5.41) is 7.78. The summed E-state index contributed by atoms with van der Waals surface area (Å²) < 4.78 is 47.8. The van der Waals surface area contributed by atoms with Crippen LogP contribution >= 0.6 is 0 Å². The van der Waals surface area contributed by atoms with Gasteiger partial charge in [-0.2, -0.15) is 0 Å². The first-order valence-electron chi connectivity index (χ1n) is 5.08. The van der Waals surface area contributed by atoms with E-state index in [9.17, 15) is 21.6 Å². The van der Waals surface area contributed by atoms with Gasteiger partial charge in [-0.3, -0.25) is 4.79 Å². The minimum Gasteiger partial charge on any atom is -0.480 e. The molecule has 1 saturated heterocycles. The Hall–Kier alpha value is -0.670. The number of carboxylic acid groups (broad SMARTS) is 1. The molecule has 1 aliphatic rings. The van der Waals surface area contributed by atoms with Crippen LogP contribution < -0.4 is 4.72 Å². The van der Waals surface area contributed by atoms with Gasteiger partial charge in [0.1, 0.15) is 15.9 Å². The average molecular weight is 285 g/mol. The van der Waals surface area contributed by atoms with Crippen LogP contribution in [0.3, 0.4) is 0 Å². The summed E-state index contributed by atoms with van der Waals surface area (Å²) in [6.45, 7) is 1.22. The molecule has 0 amide bonds. The Balaban J connectivity index is 2.70. The van der Waals surface area contributed by atoms with Gasteiger partial charge < -0.3 is 5.11 Å². The lowest BCUT2D eigenvalue weighted by atomic mass is 10.2. The molecule has 1 atom stereocenters. The van der Waals surface area contributed by atoms with Gasteiger partial charge in [0.25, 0.3) is 0 Å². The number of nitrogens with one attached hydrogen (secondary N) is 1. The highest BCUT2D eigenvalue weighted by Crippen LogP contribution is 2.18. The molecule has 9 heteroatoms. The van der Waals surface area contributed by atoms with Gasteiger partial charge in [-0.05, 0) is 19.8 Å². The average Bonchev–Trinajstić information content (AvgIpc) is 2.15. The van der Waals surface area contributed by atoms with E-state index in [1.165, 1.54) is 6.92 Å². The van der Waals surface area contributed by atoms with Crippen LogP contribution in [0.15, 0.2) is 0 Å². The second kappa shape index (κ2) is 4.91. The molecule has 1 aliphatic heterocycles. The van der Waals surface area contributed by atoms with Crippen molar-refractivity contribution in [2.24, 2.45) is 0 Å². The molecule has 17 heavy (non-hydrogen) atoms. The maximum absolute atomic E-state index is 11.7. The lowest BCUT2D eigenvalue weighted by Gasteiger charge is -2.23. The predicted molar refractivity (Wildman–Crippen MR) is 60.8 cm³/mol. The third-order valence-electron chi connectivity index (χ3n) is 2.65. The second-order valence-corrected chi connectivity index (χ2v) is 8.37. The molecule has 0 aromatic carbocycles. The number of carbonyl (C=O) groups is 1. The molecule has 0 radical (unpaired) electrons. The molecule has 0 unspecified atom stereocenters. The molecule has 0 saturated carbocycles. The van der Waals surface area contributed by atoms with E-state index in [2.05, 4.69) is 0 Å². The third-order valence-corrected chi connectivity index (χ3v) is 6.40. The van der Waals surface area contributed by atoms with Gasteiger partial charge in [-0.15, -0.1) is 0 Å². The van der Waals surface area contributed by atoms with Crippen LogP contribution in [-0.2, 0) is 24.7 Å². The van der Waals surface area contributed by atoms with E-state index in [-0.39, 0.29) is 24.3 Å². The van der Waals surface area contributed by atoms with Crippen LogP contribution in [0.4, 0.5) is 0 Å². The first-order valence-corrected chi connectivity index (χ1v) is 8.45. The molecule has 0 aromatic heterocycles. The quantitative estimate of drug-likeness (QED) is 0.681. The van der Waals surface area contributed by atoms with Gasteiger partial charge in [-0.25, -0.2) is 21.6 Å². The van der Waals surface area contributed by atoms with Gasteiger partial charge in [-0.1, -0.05) is 0 Å². The van der Waals surface area contributed by atoms with Crippen LogP contribution in [0.1, 0.15) is 19.8 Å². The van der Waals surface area contributed by atoms with Crippen LogP contribution in [0, 0.1) is 0 Å². The predicted octanol–water partition coefficient (Wildman–Crippen LogP) is -1.04. The summed E-state index contributed by atoms with van der Waals surface area (Å²) in [5.74, 6) is -1.60. The van der Waals surface area contributed by atoms with Gasteiger partial charge in [0.05, 0.1) is 16.8 Å². The van der Waals surface area contributed by atoms with Crippen molar-refractivity contribution in [3.8, 4) is 0 Å². The van der Waals surface area contributed by atoms with Crippen molar-refractivity contribution >= 4 is 25.8 Å². The molecule has 0 bridgehead atoms. The zero-order valence-corrected chi connectivity index (χ0v) is 10.9. The number of aliphatic carboxylic acids is 1. The van der Waals surface area contributed by atoms with Crippen LogP contribution in [-0.4, -0.2) is 50.7 Å². The number of sulfone groups is 1. The second-order valence-electron chi connectivity index (χ2n) is 4.07. The lowest BCUT2D eigenvalue weighted by Crippen LogP contribution is -2.45. The standard InChI is InChI=1S/C8H15NO6S2/c1-6(8(10)11)9-17(14,15)7-2-4-16(12,13)5-3-7/h6-7,9H,2-5H2,1H3,(H,10,11)/t6-/m1/s1. The highest BCUT2D eigenvalue weighted by Gasteiger charge is 2.34. The monoisotopic (exact) mass is 285 g/mol. The molecule has 1 rings (SSSR count). The highest BCUT2D eigenvalue weighted by molar-refractivity contribution is 7.92. The minimum absolute atomic E-state index is 0.0179. The maximum Gasteiger partial charge on any atom is 0.321 e. The molecule has 7 nitrogen and oxygen atoms in total. The highest BCUT2D eigenvalue weighted by atomic mass is 32.2. The smallest absolute Gasteiger partial charge is 0.321 e. The fraction of sp³-hybridized carbons (Fsp3) is 0.875. The van der Waals surface area contributed by atoms with Crippen LogP contribution in [0.2, 0.25) is 0 Å². The zero-order valence-electron chi connectivity index (χ0n) is 9.29. The Morgan fingerprint density at radius 1 is 1.35 bits per heavy atom. The molecule has 2 N–H and O–H groups in total. The van der Waals surface area contributed by atoms with Gasteiger partial charge in [0, 0.05) is 0 Å². The first kappa shape index (κ1) is 14.4. The molecule has 1 fully saturated rings. The maximum atomic E-state index is 11.7. The molecular formula is C8H15NO6S2. The van der Waals surface area contributed by atoms with E-state index < -0.39 is 37.1 Å². The summed E-state index contributed by atoms with van der Waals surface area (Å²) in [5.41, 5.74) is 0. The summed E-state index contributed by atoms with van der Waals surface area (Å²) in [6, 6.07) is -1.21. The Morgan fingerprint density at radius 2 is 1.82 bits per heavy atom. The number of hydrogen-bond donors (Lipinski definition) is 2. The van der Waals surface area contributed by atoms with Crippen molar-refractivity contribution in [2.75, 3.05) is 11.5 Å². The van der Waals surface area contributed by atoms with E-state index in [1.807, 2.05) is 4.72 Å². The van der Waals surface area contributed by atoms with E-state index >= 15 is 0 Å². The largest absolute Gasteiger partial charge is 0.480 e. The van der Waals surface area contributed by atoms with Crippen LogP contribution in [0.25, 0.3) is 0 Å².